The molecule has 5 nitrogen and oxygen atoms in total. The van der Waals surface area contributed by atoms with Gasteiger partial charge >= 0.3 is 0 Å². The predicted molar refractivity (Wildman–Crippen MR) is 82.1 cm³/mol. The summed E-state index contributed by atoms with van der Waals surface area (Å²) in [5.74, 6) is 2.85. The summed E-state index contributed by atoms with van der Waals surface area (Å²) in [6.45, 7) is 1.72. The highest BCUT2D eigenvalue weighted by molar-refractivity contribution is 5.78. The molecule has 0 aliphatic carbocycles. The molecule has 0 saturated heterocycles. The summed E-state index contributed by atoms with van der Waals surface area (Å²) in [4.78, 5) is 8.49. The number of hydrogen-bond acceptors (Lipinski definition) is 4. The van der Waals surface area contributed by atoms with E-state index in [0.717, 1.165) is 16.8 Å². The average Bonchev–Trinajstić information content (AvgIpc) is 3.03. The third-order valence-electron chi connectivity index (χ3n) is 3.00. The fourth-order valence-corrected chi connectivity index (χ4v) is 2.00. The zero-order chi connectivity index (χ0) is 15.4. The maximum absolute atomic E-state index is 13.1. The molecule has 6 heteroatoms. The van der Waals surface area contributed by atoms with Crippen LogP contribution in [0, 0.1) is 17.8 Å². The average molecular weight is 293 g/mol. The molecule has 2 N–H and O–H groups in total. The van der Waals surface area contributed by atoms with E-state index in [1.54, 1.807) is 37.5 Å². The molecular formula is C16H12FN5. The molecule has 0 radical (unpaired) electrons. The number of nitrogens with one attached hydrogen (secondary N) is 2. The Morgan fingerprint density at radius 2 is 2.00 bits per heavy atom. The topological polar surface area (TPSA) is 66.5 Å². The highest BCUT2D eigenvalue weighted by Crippen LogP contribution is 2.29. The second kappa shape index (κ2) is 6.06. The zero-order valence-corrected chi connectivity index (χ0v) is 11.8. The van der Waals surface area contributed by atoms with Gasteiger partial charge in [0.25, 0.3) is 0 Å². The molecule has 2 heterocycles. The molecule has 0 aliphatic rings. The fourth-order valence-electron chi connectivity index (χ4n) is 2.00. The van der Waals surface area contributed by atoms with E-state index in [0.29, 0.717) is 11.6 Å². The minimum absolute atomic E-state index is 0.281. The second-order valence-corrected chi connectivity index (χ2v) is 4.43. The predicted octanol–water partition coefficient (Wildman–Crippen LogP) is 3.07. The Balaban J connectivity index is 2.01. The molecule has 0 fully saturated rings. The first-order valence-corrected chi connectivity index (χ1v) is 6.58. The van der Waals surface area contributed by atoms with Crippen LogP contribution in [0.25, 0.3) is 22.5 Å². The van der Waals surface area contributed by atoms with Crippen LogP contribution < -0.4 is 5.32 Å². The molecule has 22 heavy (non-hydrogen) atoms. The number of H-pyrrole nitrogens is 1. The lowest BCUT2D eigenvalue weighted by molar-refractivity contribution is 0.628. The van der Waals surface area contributed by atoms with Gasteiger partial charge < -0.3 is 0 Å². The first kappa shape index (κ1) is 13.8. The van der Waals surface area contributed by atoms with Gasteiger partial charge in [0, 0.05) is 23.4 Å². The van der Waals surface area contributed by atoms with Crippen LogP contribution in [-0.4, -0.2) is 20.2 Å². The lowest BCUT2D eigenvalue weighted by Gasteiger charge is -2.04. The van der Waals surface area contributed by atoms with E-state index < -0.39 is 0 Å². The quantitative estimate of drug-likeness (QED) is 0.575. The van der Waals surface area contributed by atoms with Crippen molar-refractivity contribution in [2.24, 2.45) is 0 Å². The van der Waals surface area contributed by atoms with Gasteiger partial charge in [0.15, 0.2) is 0 Å². The first-order chi connectivity index (χ1) is 10.8. The van der Waals surface area contributed by atoms with Crippen LogP contribution in [0.2, 0.25) is 0 Å². The van der Waals surface area contributed by atoms with Gasteiger partial charge in [0.2, 0.25) is 5.95 Å². The number of aromatic amines is 1. The van der Waals surface area contributed by atoms with E-state index in [2.05, 4.69) is 37.4 Å². The first-order valence-electron chi connectivity index (χ1n) is 6.58. The monoisotopic (exact) mass is 293 g/mol. The standard InChI is InChI=1S/C16H12FN5/c1-2-8-18-16-19-9-7-14(21-16)13-10-20-22-15(13)11-3-5-12(17)6-4-11/h3-7,9-10H,1H3,(H,20,22)(H,18,19,21). The van der Waals surface area contributed by atoms with Crippen molar-refractivity contribution in [2.45, 2.75) is 6.92 Å². The van der Waals surface area contributed by atoms with E-state index in [4.69, 9.17) is 0 Å². The highest BCUT2D eigenvalue weighted by atomic mass is 19.1. The van der Waals surface area contributed by atoms with E-state index in [1.807, 2.05) is 0 Å². The van der Waals surface area contributed by atoms with Crippen LogP contribution in [0.3, 0.4) is 0 Å². The van der Waals surface area contributed by atoms with Gasteiger partial charge in [-0.3, -0.25) is 10.4 Å². The number of nitrogens with zero attached hydrogens (tertiary/aromatic N) is 3. The molecule has 1 aromatic carbocycles. The third kappa shape index (κ3) is 2.79. The summed E-state index contributed by atoms with van der Waals surface area (Å²) >= 11 is 0. The van der Waals surface area contributed by atoms with Gasteiger partial charge in [-0.1, -0.05) is 5.92 Å². The molecule has 3 aromatic rings. The summed E-state index contributed by atoms with van der Waals surface area (Å²) in [7, 11) is 0. The SMILES string of the molecule is CC#CNc1nccc(-c2cn[nH]c2-c2ccc(F)cc2)n1. The molecule has 0 saturated carbocycles. The molecule has 0 aliphatic heterocycles. The largest absolute Gasteiger partial charge is 0.283 e. The van der Waals surface area contributed by atoms with Crippen molar-refractivity contribution >= 4 is 5.95 Å². The minimum Gasteiger partial charge on any atom is -0.283 e. The van der Waals surface area contributed by atoms with Crippen LogP contribution in [0.1, 0.15) is 6.92 Å². The summed E-state index contributed by atoms with van der Waals surface area (Å²) in [6, 6.07) is 10.7. The van der Waals surface area contributed by atoms with Gasteiger partial charge in [-0.25, -0.2) is 14.4 Å². The van der Waals surface area contributed by atoms with Gasteiger partial charge in [0.05, 0.1) is 17.6 Å². The summed E-state index contributed by atoms with van der Waals surface area (Å²) in [5.41, 5.74) is 3.10. The number of anilines is 1. The molecular weight excluding hydrogens is 281 g/mol. The van der Waals surface area contributed by atoms with Gasteiger partial charge in [-0.15, -0.1) is 0 Å². The van der Waals surface area contributed by atoms with Crippen LogP contribution in [0.15, 0.2) is 42.7 Å². The maximum Gasteiger partial charge on any atom is 0.235 e. The van der Waals surface area contributed by atoms with Crippen molar-refractivity contribution in [1.82, 2.24) is 20.2 Å². The Hall–Kier alpha value is -3.20. The second-order valence-electron chi connectivity index (χ2n) is 4.43. The smallest absolute Gasteiger partial charge is 0.235 e. The Kier molecular flexibility index (Phi) is 3.79. The lowest BCUT2D eigenvalue weighted by Crippen LogP contribution is -1.96. The minimum atomic E-state index is -0.281. The normalized spacial score (nSPS) is 9.91. The Morgan fingerprint density at radius 3 is 2.77 bits per heavy atom. The zero-order valence-electron chi connectivity index (χ0n) is 11.8. The Labute approximate surface area is 126 Å². The maximum atomic E-state index is 13.1. The van der Waals surface area contributed by atoms with Crippen LogP contribution >= 0.6 is 0 Å². The van der Waals surface area contributed by atoms with E-state index in [9.17, 15) is 4.39 Å². The molecule has 0 unspecified atom stereocenters. The third-order valence-corrected chi connectivity index (χ3v) is 3.00. The Morgan fingerprint density at radius 1 is 1.18 bits per heavy atom. The molecule has 108 valence electrons. The van der Waals surface area contributed by atoms with E-state index in [-0.39, 0.29) is 5.82 Å². The van der Waals surface area contributed by atoms with Crippen molar-refractivity contribution in [3.05, 3.63) is 48.5 Å². The summed E-state index contributed by atoms with van der Waals surface area (Å²) in [6.07, 6.45) is 3.32. The van der Waals surface area contributed by atoms with Gasteiger partial charge in [-0.2, -0.15) is 5.10 Å². The highest BCUT2D eigenvalue weighted by Gasteiger charge is 2.12. The number of rotatable bonds is 3. The van der Waals surface area contributed by atoms with Crippen molar-refractivity contribution in [1.29, 1.82) is 0 Å². The summed E-state index contributed by atoms with van der Waals surface area (Å²) in [5, 5.41) is 9.78. The van der Waals surface area contributed by atoms with E-state index >= 15 is 0 Å². The van der Waals surface area contributed by atoms with Crippen molar-refractivity contribution in [3.8, 4) is 34.5 Å². The number of halogens is 1. The molecule has 0 bridgehead atoms. The molecule has 2 aromatic heterocycles. The number of benzene rings is 1. The molecule has 3 rings (SSSR count). The van der Waals surface area contributed by atoms with E-state index in [1.165, 1.54) is 12.1 Å². The van der Waals surface area contributed by atoms with Crippen LogP contribution in [0.5, 0.6) is 0 Å². The van der Waals surface area contributed by atoms with Gasteiger partial charge in [-0.05, 0) is 37.3 Å². The number of aromatic nitrogens is 4. The molecule has 0 spiro atoms. The lowest BCUT2D eigenvalue weighted by atomic mass is 10.1. The molecule has 0 amide bonds. The van der Waals surface area contributed by atoms with Gasteiger partial charge in [0.1, 0.15) is 5.82 Å². The van der Waals surface area contributed by atoms with Crippen LogP contribution in [0.4, 0.5) is 10.3 Å². The van der Waals surface area contributed by atoms with Crippen molar-refractivity contribution in [3.63, 3.8) is 0 Å². The number of hydrogen-bond donors (Lipinski definition) is 2. The van der Waals surface area contributed by atoms with Crippen molar-refractivity contribution in [2.75, 3.05) is 5.32 Å². The fraction of sp³-hybridized carbons (Fsp3) is 0.0625. The van der Waals surface area contributed by atoms with Crippen molar-refractivity contribution < 1.29 is 4.39 Å². The van der Waals surface area contributed by atoms with Crippen LogP contribution in [-0.2, 0) is 0 Å². The molecule has 0 atom stereocenters. The Bertz CT molecular complexity index is 843. The summed E-state index contributed by atoms with van der Waals surface area (Å²) < 4.78 is 13.1.